The van der Waals surface area contributed by atoms with Gasteiger partial charge in [0, 0.05) is 11.6 Å². The van der Waals surface area contributed by atoms with Gasteiger partial charge in [0.05, 0.1) is 19.9 Å². The predicted octanol–water partition coefficient (Wildman–Crippen LogP) is 2.67. The van der Waals surface area contributed by atoms with Crippen LogP contribution in [0.3, 0.4) is 0 Å². The normalized spacial score (nSPS) is 15.4. The fraction of sp³-hybridized carbons (Fsp3) is 0.111. The SMILES string of the molecule is COc1cccc(N2C(=O)C(=Cc3cccc(OC)c3O)NC2=S)c1. The Kier molecular flexibility index (Phi) is 4.58. The number of rotatable bonds is 4. The zero-order valence-electron chi connectivity index (χ0n) is 13.6. The van der Waals surface area contributed by atoms with E-state index < -0.39 is 0 Å². The van der Waals surface area contributed by atoms with Crippen LogP contribution >= 0.6 is 12.2 Å². The van der Waals surface area contributed by atoms with Crippen molar-refractivity contribution in [3.05, 3.63) is 53.7 Å². The van der Waals surface area contributed by atoms with Crippen molar-refractivity contribution in [1.82, 2.24) is 5.32 Å². The zero-order chi connectivity index (χ0) is 18.0. The van der Waals surface area contributed by atoms with E-state index in [0.29, 0.717) is 22.7 Å². The van der Waals surface area contributed by atoms with Crippen molar-refractivity contribution in [2.24, 2.45) is 0 Å². The van der Waals surface area contributed by atoms with Crippen LogP contribution in [-0.4, -0.2) is 30.3 Å². The zero-order valence-corrected chi connectivity index (χ0v) is 14.5. The van der Waals surface area contributed by atoms with Crippen molar-refractivity contribution in [2.45, 2.75) is 0 Å². The molecule has 1 saturated heterocycles. The molecule has 25 heavy (non-hydrogen) atoms. The van der Waals surface area contributed by atoms with Crippen LogP contribution < -0.4 is 19.7 Å². The van der Waals surface area contributed by atoms with Gasteiger partial charge in [0.15, 0.2) is 16.6 Å². The Morgan fingerprint density at radius 3 is 2.64 bits per heavy atom. The summed E-state index contributed by atoms with van der Waals surface area (Å²) in [5, 5.41) is 13.3. The summed E-state index contributed by atoms with van der Waals surface area (Å²) in [6.45, 7) is 0. The Morgan fingerprint density at radius 1 is 1.16 bits per heavy atom. The molecule has 0 aliphatic carbocycles. The highest BCUT2D eigenvalue weighted by molar-refractivity contribution is 7.80. The first-order valence-electron chi connectivity index (χ1n) is 7.42. The van der Waals surface area contributed by atoms with Crippen molar-refractivity contribution in [3.63, 3.8) is 0 Å². The quantitative estimate of drug-likeness (QED) is 0.648. The van der Waals surface area contributed by atoms with Gasteiger partial charge in [0.1, 0.15) is 11.4 Å². The molecule has 1 aliphatic heterocycles. The minimum Gasteiger partial charge on any atom is -0.504 e. The van der Waals surface area contributed by atoms with Gasteiger partial charge >= 0.3 is 0 Å². The molecule has 1 heterocycles. The summed E-state index contributed by atoms with van der Waals surface area (Å²) in [4.78, 5) is 14.1. The number of thiocarbonyl (C=S) groups is 1. The molecule has 0 spiro atoms. The molecule has 2 N–H and O–H groups in total. The van der Waals surface area contributed by atoms with Gasteiger partial charge in [0.2, 0.25) is 0 Å². The van der Waals surface area contributed by atoms with E-state index in [0.717, 1.165) is 0 Å². The van der Waals surface area contributed by atoms with Crippen molar-refractivity contribution in [3.8, 4) is 17.2 Å². The molecule has 3 rings (SSSR count). The number of phenolic OH excluding ortho intramolecular Hbond substituents is 1. The summed E-state index contributed by atoms with van der Waals surface area (Å²) < 4.78 is 10.3. The number of hydrogen-bond donors (Lipinski definition) is 2. The average molecular weight is 356 g/mol. The molecule has 1 aliphatic rings. The molecule has 2 aromatic carbocycles. The molecule has 0 aromatic heterocycles. The summed E-state index contributed by atoms with van der Waals surface area (Å²) in [5.41, 5.74) is 1.31. The van der Waals surface area contributed by atoms with E-state index in [9.17, 15) is 9.90 Å². The maximum atomic E-state index is 12.7. The van der Waals surface area contributed by atoms with Gasteiger partial charge in [-0.15, -0.1) is 0 Å². The number of carbonyl (C=O) groups excluding carboxylic acids is 1. The van der Waals surface area contributed by atoms with Crippen LogP contribution in [-0.2, 0) is 4.79 Å². The molecule has 0 saturated carbocycles. The summed E-state index contributed by atoms with van der Waals surface area (Å²) in [5.74, 6) is 0.585. The number of aromatic hydroxyl groups is 1. The smallest absolute Gasteiger partial charge is 0.281 e. The van der Waals surface area contributed by atoms with Crippen molar-refractivity contribution in [1.29, 1.82) is 0 Å². The molecule has 0 unspecified atom stereocenters. The summed E-state index contributed by atoms with van der Waals surface area (Å²) in [6, 6.07) is 12.1. The maximum absolute atomic E-state index is 12.7. The molecule has 2 aromatic rings. The number of benzene rings is 2. The van der Waals surface area contributed by atoms with Crippen LogP contribution in [0.25, 0.3) is 6.08 Å². The third-order valence-electron chi connectivity index (χ3n) is 3.74. The van der Waals surface area contributed by atoms with E-state index in [2.05, 4.69) is 5.32 Å². The van der Waals surface area contributed by atoms with Crippen LogP contribution in [0.5, 0.6) is 17.2 Å². The second-order valence-corrected chi connectivity index (χ2v) is 5.62. The highest BCUT2D eigenvalue weighted by Crippen LogP contribution is 2.32. The monoisotopic (exact) mass is 356 g/mol. The molecule has 0 radical (unpaired) electrons. The molecular weight excluding hydrogens is 340 g/mol. The molecule has 0 atom stereocenters. The van der Waals surface area contributed by atoms with Gasteiger partial charge in [0.25, 0.3) is 5.91 Å². The Balaban J connectivity index is 1.96. The maximum Gasteiger partial charge on any atom is 0.281 e. The van der Waals surface area contributed by atoms with Crippen molar-refractivity contribution in [2.75, 3.05) is 19.1 Å². The van der Waals surface area contributed by atoms with E-state index in [-0.39, 0.29) is 22.5 Å². The van der Waals surface area contributed by atoms with Gasteiger partial charge in [-0.3, -0.25) is 9.69 Å². The number of carbonyl (C=O) groups is 1. The Morgan fingerprint density at radius 2 is 1.92 bits per heavy atom. The highest BCUT2D eigenvalue weighted by atomic mass is 32.1. The summed E-state index contributed by atoms with van der Waals surface area (Å²) in [7, 11) is 3.02. The Bertz CT molecular complexity index is 879. The van der Waals surface area contributed by atoms with Gasteiger partial charge in [-0.1, -0.05) is 18.2 Å². The van der Waals surface area contributed by atoms with E-state index in [1.807, 2.05) is 0 Å². The second-order valence-electron chi connectivity index (χ2n) is 5.23. The number of hydrogen-bond acceptors (Lipinski definition) is 5. The average Bonchev–Trinajstić information content (AvgIpc) is 2.90. The van der Waals surface area contributed by atoms with E-state index >= 15 is 0 Å². The van der Waals surface area contributed by atoms with E-state index in [1.165, 1.54) is 18.1 Å². The van der Waals surface area contributed by atoms with Crippen molar-refractivity contribution >= 4 is 35.0 Å². The number of ether oxygens (including phenoxy) is 2. The lowest BCUT2D eigenvalue weighted by Crippen LogP contribution is -2.30. The third kappa shape index (κ3) is 3.14. The minimum atomic E-state index is -0.319. The lowest BCUT2D eigenvalue weighted by molar-refractivity contribution is -0.113. The Labute approximate surface area is 150 Å². The number of methoxy groups -OCH3 is 2. The van der Waals surface area contributed by atoms with Crippen LogP contribution in [0.2, 0.25) is 0 Å². The van der Waals surface area contributed by atoms with Crippen LogP contribution in [0.4, 0.5) is 5.69 Å². The van der Waals surface area contributed by atoms with Crippen LogP contribution in [0, 0.1) is 0 Å². The molecule has 128 valence electrons. The number of amides is 1. The number of phenols is 1. The largest absolute Gasteiger partial charge is 0.504 e. The van der Waals surface area contributed by atoms with Gasteiger partial charge in [-0.05, 0) is 36.5 Å². The second kappa shape index (κ2) is 6.82. The number of nitrogens with one attached hydrogen (secondary N) is 1. The first kappa shape index (κ1) is 16.8. The van der Waals surface area contributed by atoms with Gasteiger partial charge in [-0.2, -0.15) is 0 Å². The molecule has 1 fully saturated rings. The fourth-order valence-corrected chi connectivity index (χ4v) is 2.79. The summed E-state index contributed by atoms with van der Waals surface area (Å²) in [6.07, 6.45) is 1.53. The van der Waals surface area contributed by atoms with Gasteiger partial charge < -0.3 is 19.9 Å². The number of nitrogens with zero attached hydrogens (tertiary/aromatic N) is 1. The van der Waals surface area contributed by atoms with E-state index in [4.69, 9.17) is 21.7 Å². The lowest BCUT2D eigenvalue weighted by atomic mass is 10.1. The number of para-hydroxylation sites is 1. The van der Waals surface area contributed by atoms with Crippen LogP contribution in [0.15, 0.2) is 48.2 Å². The minimum absolute atomic E-state index is 0.0437. The fourth-order valence-electron chi connectivity index (χ4n) is 2.50. The van der Waals surface area contributed by atoms with Crippen molar-refractivity contribution < 1.29 is 19.4 Å². The molecule has 7 heteroatoms. The third-order valence-corrected chi connectivity index (χ3v) is 4.02. The topological polar surface area (TPSA) is 71.0 Å². The van der Waals surface area contributed by atoms with Crippen LogP contribution in [0.1, 0.15) is 5.56 Å². The molecular formula is C18H16N2O4S. The first-order chi connectivity index (χ1) is 12.0. The number of anilines is 1. The standard InChI is InChI=1S/C18H16N2O4S/c1-23-13-7-4-6-12(10-13)20-17(22)14(19-18(20)25)9-11-5-3-8-15(24-2)16(11)21/h3-10,21H,1-2H3,(H,19,25). The molecule has 1 amide bonds. The highest BCUT2D eigenvalue weighted by Gasteiger charge is 2.32. The first-order valence-corrected chi connectivity index (χ1v) is 7.83. The summed E-state index contributed by atoms with van der Waals surface area (Å²) >= 11 is 5.28. The lowest BCUT2D eigenvalue weighted by Gasteiger charge is -2.14. The van der Waals surface area contributed by atoms with E-state index in [1.54, 1.807) is 49.6 Å². The molecule has 6 nitrogen and oxygen atoms in total. The molecule has 0 bridgehead atoms. The predicted molar refractivity (Wildman–Crippen MR) is 98.8 cm³/mol. The van der Waals surface area contributed by atoms with Gasteiger partial charge in [-0.25, -0.2) is 0 Å². The Hall–Kier alpha value is -3.06.